The van der Waals surface area contributed by atoms with Crippen LogP contribution in [0.2, 0.25) is 0 Å². The summed E-state index contributed by atoms with van der Waals surface area (Å²) in [6, 6.07) is 28.9. The fraction of sp³-hybridized carbons (Fsp3) is 0.444. The minimum Gasteiger partial charge on any atom is -0.481 e. The number of carboxylic acid groups (broad SMARTS) is 1. The first-order valence-corrected chi connectivity index (χ1v) is 30.4. The summed E-state index contributed by atoms with van der Waals surface area (Å²) in [6.45, 7) is 4.03. The summed E-state index contributed by atoms with van der Waals surface area (Å²) >= 11 is 3.21. The highest BCUT2D eigenvalue weighted by molar-refractivity contribution is 9.09. The van der Waals surface area contributed by atoms with Crippen molar-refractivity contribution in [2.75, 3.05) is 21.3 Å². The number of halogens is 1. The number of unbranched alkanes of at least 4 members (excludes halogenated alkanes) is 4. The van der Waals surface area contributed by atoms with Gasteiger partial charge < -0.3 is 36.2 Å². The lowest BCUT2D eigenvalue weighted by molar-refractivity contribution is -0.137. The molecule has 444 valence electrons. The number of tetrazole rings is 1. The molecule has 3 aliphatic carbocycles. The number of aryl methyl sites for hydroxylation is 1. The van der Waals surface area contributed by atoms with E-state index in [2.05, 4.69) is 162 Å². The molecule has 85 heavy (non-hydrogen) atoms. The number of carbonyl (C=O) groups excluding carboxylic acids is 2. The number of nitrogens with one attached hydrogen (secondary N) is 5. The molecule has 0 bridgehead atoms. The van der Waals surface area contributed by atoms with Crippen molar-refractivity contribution in [2.24, 2.45) is 0 Å². The summed E-state index contributed by atoms with van der Waals surface area (Å²) in [6.07, 6.45) is 19.2. The topological polar surface area (TPSA) is 282 Å². The van der Waals surface area contributed by atoms with Gasteiger partial charge in [-0.1, -0.05) is 101 Å². The maximum atomic E-state index is 12.6. The molecule has 13 rings (SSSR count). The van der Waals surface area contributed by atoms with Crippen molar-refractivity contribution in [3.8, 4) is 6.07 Å². The van der Waals surface area contributed by atoms with Crippen molar-refractivity contribution >= 4 is 51.6 Å². The van der Waals surface area contributed by atoms with Crippen LogP contribution in [0.5, 0.6) is 0 Å². The number of carbonyl (C=O) groups is 3. The van der Waals surface area contributed by atoms with Crippen LogP contribution in [0.3, 0.4) is 0 Å². The number of H-pyrrole nitrogens is 1. The number of anilines is 3. The van der Waals surface area contributed by atoms with Crippen molar-refractivity contribution in [1.82, 2.24) is 65.6 Å². The first kappa shape index (κ1) is 61.3. The average Bonchev–Trinajstić information content (AvgIpc) is 4.51. The van der Waals surface area contributed by atoms with E-state index in [9.17, 15) is 14.4 Å². The van der Waals surface area contributed by atoms with Gasteiger partial charge in [-0.25, -0.2) is 29.9 Å². The van der Waals surface area contributed by atoms with E-state index in [1.165, 1.54) is 38.9 Å². The fourth-order valence-corrected chi connectivity index (χ4v) is 11.9. The van der Waals surface area contributed by atoms with E-state index in [0.717, 1.165) is 136 Å². The molecule has 3 aromatic carbocycles. The van der Waals surface area contributed by atoms with Crippen LogP contribution in [-0.2, 0) is 98.6 Å². The normalized spacial score (nSPS) is 15.0. The van der Waals surface area contributed by atoms with Crippen LogP contribution in [0.4, 0.5) is 17.8 Å². The van der Waals surface area contributed by atoms with Gasteiger partial charge in [-0.05, 0) is 110 Å². The smallest absolute Gasteiger partial charge is 0.303 e. The quantitative estimate of drug-likeness (QED) is 0.0326. The summed E-state index contributed by atoms with van der Waals surface area (Å²) in [5, 5.41) is 45.1. The molecule has 0 spiro atoms. The number of hydrogen-bond donors (Lipinski definition) is 6. The largest absolute Gasteiger partial charge is 0.481 e. The third kappa shape index (κ3) is 17.2. The SMILES string of the molecule is C.N#CCCCCC(=O)N1Cc2cnc(NC3Cc4ccccc4C3)nc2C1.O=C(CCCCc1nn[nH]n1)N1Cc2cnc(NC3Cc4ccccc4C3)nc2C1.O=C(O)CCCCBr.c1ccc2c(c1)CC(Nc1ncc3c(n1)CNC3)C2. The zero-order valence-corrected chi connectivity index (χ0v) is 48.9. The monoisotopic (exact) mass is 1210 g/mol. The second-order valence-corrected chi connectivity index (χ2v) is 22.9. The van der Waals surface area contributed by atoms with Crippen LogP contribution in [0.1, 0.15) is 145 Å². The Morgan fingerprint density at radius 3 is 1.42 bits per heavy atom. The highest BCUT2D eigenvalue weighted by atomic mass is 79.9. The molecule has 21 nitrogen and oxygen atoms in total. The van der Waals surface area contributed by atoms with Gasteiger partial charge in [0.25, 0.3) is 0 Å². The maximum absolute atomic E-state index is 12.6. The Bertz CT molecular complexity index is 3340. The summed E-state index contributed by atoms with van der Waals surface area (Å²) in [5.74, 6) is 2.34. The Morgan fingerprint density at radius 1 is 0.565 bits per heavy atom. The lowest BCUT2D eigenvalue weighted by Crippen LogP contribution is -2.25. The molecule has 6 aliphatic rings. The van der Waals surface area contributed by atoms with E-state index >= 15 is 0 Å². The molecule has 0 unspecified atom stereocenters. The molecule has 4 aromatic heterocycles. The van der Waals surface area contributed by atoms with E-state index in [1.807, 2.05) is 28.4 Å². The molecule has 0 saturated heterocycles. The Morgan fingerprint density at radius 2 is 1.00 bits per heavy atom. The highest BCUT2D eigenvalue weighted by Crippen LogP contribution is 2.29. The summed E-state index contributed by atoms with van der Waals surface area (Å²) < 4.78 is 0. The zero-order valence-electron chi connectivity index (χ0n) is 47.3. The molecule has 22 heteroatoms. The number of benzene rings is 3. The van der Waals surface area contributed by atoms with E-state index < -0.39 is 5.97 Å². The summed E-state index contributed by atoms with van der Waals surface area (Å²) in [5.41, 5.74) is 14.8. The van der Waals surface area contributed by atoms with Crippen molar-refractivity contribution < 1.29 is 19.5 Å². The lowest BCUT2D eigenvalue weighted by Gasteiger charge is -2.14. The van der Waals surface area contributed by atoms with E-state index in [0.29, 0.717) is 87.7 Å². The standard InChI is InChI=1S/C21H24N8O.C21H23N5O.C15H16N4.C5H9BrO2.CH4/c30-20(8-4-3-7-19-25-27-28-26-19)29-12-16-11-22-21(24-18(16)13-29)23-17-9-14-5-1-2-6-15(14)10-17;22-9-5-1-2-8-20(27)26-13-17-12-23-21(25-19(17)14-26)24-18-10-15-6-3-4-7-16(15)11-18;1-2-4-11-6-13(5-10(11)3-1)18-15-17-8-12-7-16-9-14(12)19-15;6-4-2-1-3-5(7)8;/h1-2,5-6,11,17H,3-4,7-10,12-13H2,(H,22,23,24)(H,25,26,27,28);3-4,6-7,12,18H,1-2,5,8,10-11,13-14H2,(H,23,24,25);1-4,8,13,16H,5-7,9H2,(H,17,18,19);1-4H2,(H,7,8);1H4. The Labute approximate surface area is 505 Å². The van der Waals surface area contributed by atoms with Gasteiger partial charge >= 0.3 is 5.97 Å². The summed E-state index contributed by atoms with van der Waals surface area (Å²) in [7, 11) is 0. The molecular formula is C63H76BrN17O4. The molecule has 3 aliphatic heterocycles. The minimum atomic E-state index is -0.703. The number of alkyl halides is 1. The number of fused-ring (bicyclic) bond motifs is 6. The van der Waals surface area contributed by atoms with Crippen molar-refractivity contribution in [2.45, 2.75) is 174 Å². The summed E-state index contributed by atoms with van der Waals surface area (Å²) in [4.78, 5) is 65.8. The first-order chi connectivity index (χ1) is 41.1. The Kier molecular flexibility index (Phi) is 22.0. The van der Waals surface area contributed by atoms with Gasteiger partial charge in [0.15, 0.2) is 5.82 Å². The second-order valence-electron chi connectivity index (χ2n) is 22.1. The Hall–Kier alpha value is -8.29. The number of carboxylic acids is 1. The van der Waals surface area contributed by atoms with Crippen molar-refractivity contribution in [3.63, 3.8) is 0 Å². The number of nitrogens with zero attached hydrogens (tertiary/aromatic N) is 12. The molecule has 0 saturated carbocycles. The molecule has 0 atom stereocenters. The molecule has 6 N–H and O–H groups in total. The number of aromatic amines is 1. The third-order valence-corrected chi connectivity index (χ3v) is 16.4. The number of aliphatic carboxylic acids is 1. The van der Waals surface area contributed by atoms with Gasteiger partial charge in [0.05, 0.1) is 36.2 Å². The second kappa shape index (κ2) is 30.5. The van der Waals surface area contributed by atoms with Crippen molar-refractivity contribution in [3.05, 3.63) is 164 Å². The van der Waals surface area contributed by atoms with E-state index in [1.54, 1.807) is 0 Å². The fourth-order valence-electron chi connectivity index (χ4n) is 11.5. The maximum Gasteiger partial charge on any atom is 0.303 e. The number of amides is 2. The van der Waals surface area contributed by atoms with Gasteiger partial charge in [0.2, 0.25) is 29.7 Å². The number of aromatic nitrogens is 10. The number of hydrogen-bond acceptors (Lipinski definition) is 17. The molecule has 7 aromatic rings. The van der Waals surface area contributed by atoms with Crippen LogP contribution in [-0.4, -0.2) is 107 Å². The predicted molar refractivity (Wildman–Crippen MR) is 327 cm³/mol. The van der Waals surface area contributed by atoms with Gasteiger partial charge in [0.1, 0.15) is 0 Å². The Balaban J connectivity index is 0.000000145. The van der Waals surface area contributed by atoms with Crippen molar-refractivity contribution in [1.29, 1.82) is 5.26 Å². The van der Waals surface area contributed by atoms with Gasteiger partial charge in [0, 0.05) is 117 Å². The van der Waals surface area contributed by atoms with Crippen LogP contribution in [0, 0.1) is 11.3 Å². The number of rotatable bonds is 19. The zero-order chi connectivity index (χ0) is 58.0. The van der Waals surface area contributed by atoms with Crippen LogP contribution < -0.4 is 21.3 Å². The minimum absolute atomic E-state index is 0. The highest BCUT2D eigenvalue weighted by Gasteiger charge is 2.29. The number of nitriles is 1. The molecule has 0 fully saturated rings. The molecule has 0 radical (unpaired) electrons. The third-order valence-electron chi connectivity index (χ3n) is 15.9. The molecular weight excluding hydrogens is 1140 g/mol. The van der Waals surface area contributed by atoms with Gasteiger partial charge in [-0.15, -0.1) is 10.2 Å². The first-order valence-electron chi connectivity index (χ1n) is 29.3. The van der Waals surface area contributed by atoms with Gasteiger partial charge in [-0.2, -0.15) is 10.5 Å². The van der Waals surface area contributed by atoms with Crippen LogP contribution in [0.15, 0.2) is 91.4 Å². The van der Waals surface area contributed by atoms with E-state index in [-0.39, 0.29) is 19.2 Å². The van der Waals surface area contributed by atoms with Gasteiger partial charge in [-0.3, -0.25) is 14.4 Å². The molecule has 2 amide bonds. The lowest BCUT2D eigenvalue weighted by atomic mass is 10.1. The van der Waals surface area contributed by atoms with Crippen LogP contribution in [0.25, 0.3) is 0 Å². The van der Waals surface area contributed by atoms with Crippen LogP contribution >= 0.6 is 15.9 Å². The molecule has 7 heterocycles. The average molecular weight is 1220 g/mol. The predicted octanol–water partition coefficient (Wildman–Crippen LogP) is 8.74. The van der Waals surface area contributed by atoms with E-state index in [4.69, 9.17) is 15.4 Å².